The Morgan fingerprint density at radius 2 is 1.78 bits per heavy atom. The van der Waals surface area contributed by atoms with Gasteiger partial charge in [-0.3, -0.25) is 9.59 Å². The van der Waals surface area contributed by atoms with Gasteiger partial charge in [-0.15, -0.1) is 0 Å². The molecule has 3 heteroatoms. The molecular formula is C20H21NO2. The first-order valence-electron chi connectivity index (χ1n) is 7.72. The summed E-state index contributed by atoms with van der Waals surface area (Å²) in [6, 6.07) is 16.6. The molecule has 0 bridgehead atoms. The Bertz CT molecular complexity index is 703. The molecule has 3 nitrogen and oxygen atoms in total. The molecule has 0 atom stereocenters. The van der Waals surface area contributed by atoms with E-state index < -0.39 is 0 Å². The average molecular weight is 307 g/mol. The summed E-state index contributed by atoms with van der Waals surface area (Å²) in [4.78, 5) is 23.8. The van der Waals surface area contributed by atoms with Crippen LogP contribution in [0.3, 0.4) is 0 Å². The van der Waals surface area contributed by atoms with E-state index in [2.05, 4.69) is 5.32 Å². The van der Waals surface area contributed by atoms with E-state index >= 15 is 0 Å². The highest BCUT2D eigenvalue weighted by atomic mass is 16.1. The summed E-state index contributed by atoms with van der Waals surface area (Å²) >= 11 is 0. The lowest BCUT2D eigenvalue weighted by molar-refractivity contribution is -0.116. The van der Waals surface area contributed by atoms with Crippen LogP contribution in [0.1, 0.15) is 36.2 Å². The number of ketones is 1. The predicted octanol–water partition coefficient (Wildman–Crippen LogP) is 4.57. The highest BCUT2D eigenvalue weighted by Crippen LogP contribution is 2.14. The van der Waals surface area contributed by atoms with Gasteiger partial charge in [0.15, 0.2) is 5.78 Å². The summed E-state index contributed by atoms with van der Waals surface area (Å²) in [5.74, 6) is 0.280. The van der Waals surface area contributed by atoms with E-state index in [1.165, 1.54) is 0 Å². The number of carbonyl (C=O) groups excluding carboxylic acids is 2. The number of rotatable bonds is 6. The second-order valence-electron chi connectivity index (χ2n) is 5.84. The molecule has 2 rings (SSSR count). The van der Waals surface area contributed by atoms with E-state index in [-0.39, 0.29) is 11.7 Å². The molecule has 0 aliphatic rings. The van der Waals surface area contributed by atoms with Crippen LogP contribution < -0.4 is 5.32 Å². The Balaban J connectivity index is 2.04. The molecule has 1 amide bonds. The Labute approximate surface area is 137 Å². The van der Waals surface area contributed by atoms with Gasteiger partial charge in [-0.25, -0.2) is 0 Å². The molecule has 1 N–H and O–H groups in total. The van der Waals surface area contributed by atoms with E-state index in [1.54, 1.807) is 24.3 Å². The van der Waals surface area contributed by atoms with Crippen molar-refractivity contribution in [2.24, 2.45) is 5.92 Å². The second kappa shape index (κ2) is 8.08. The fourth-order valence-corrected chi connectivity index (χ4v) is 2.17. The summed E-state index contributed by atoms with van der Waals surface area (Å²) < 4.78 is 0. The van der Waals surface area contributed by atoms with Crippen molar-refractivity contribution in [2.75, 3.05) is 5.32 Å². The molecule has 23 heavy (non-hydrogen) atoms. The zero-order chi connectivity index (χ0) is 16.7. The topological polar surface area (TPSA) is 46.2 Å². The van der Waals surface area contributed by atoms with Crippen LogP contribution in [0.2, 0.25) is 0 Å². The van der Waals surface area contributed by atoms with Crippen molar-refractivity contribution in [1.29, 1.82) is 0 Å². The van der Waals surface area contributed by atoms with Crippen molar-refractivity contribution in [3.63, 3.8) is 0 Å². The Hall–Kier alpha value is -2.68. The zero-order valence-corrected chi connectivity index (χ0v) is 13.5. The predicted molar refractivity (Wildman–Crippen MR) is 94.3 cm³/mol. The molecule has 0 aliphatic heterocycles. The van der Waals surface area contributed by atoms with Gasteiger partial charge in [0.05, 0.1) is 0 Å². The first-order chi connectivity index (χ1) is 11.0. The molecule has 0 saturated carbocycles. The minimum atomic E-state index is -0.0418. The molecule has 2 aromatic rings. The van der Waals surface area contributed by atoms with Gasteiger partial charge in [0.2, 0.25) is 5.91 Å². The van der Waals surface area contributed by atoms with Crippen LogP contribution in [0.15, 0.2) is 60.7 Å². The summed E-state index contributed by atoms with van der Waals surface area (Å²) in [6.07, 6.45) is 3.80. The molecule has 0 radical (unpaired) electrons. The molecular weight excluding hydrogens is 286 g/mol. The minimum absolute atomic E-state index is 0.00138. The van der Waals surface area contributed by atoms with Crippen LogP contribution in [0.5, 0.6) is 0 Å². The first-order valence-corrected chi connectivity index (χ1v) is 7.72. The maximum Gasteiger partial charge on any atom is 0.224 e. The Morgan fingerprint density at radius 3 is 2.48 bits per heavy atom. The van der Waals surface area contributed by atoms with Crippen LogP contribution in [0, 0.1) is 5.92 Å². The fourth-order valence-electron chi connectivity index (χ4n) is 2.17. The van der Waals surface area contributed by atoms with Gasteiger partial charge in [0.25, 0.3) is 0 Å². The highest BCUT2D eigenvalue weighted by molar-refractivity contribution is 6.06. The number of anilines is 1. The number of hydrogen-bond acceptors (Lipinski definition) is 2. The van der Waals surface area contributed by atoms with Crippen molar-refractivity contribution in [1.82, 2.24) is 0 Å². The van der Waals surface area contributed by atoms with Crippen molar-refractivity contribution in [3.8, 4) is 0 Å². The number of allylic oxidation sites excluding steroid dienone is 1. The maximum atomic E-state index is 12.0. The number of amides is 1. The molecule has 0 spiro atoms. The standard InChI is InChI=1S/C20H21NO2/c1-15(2)13-20(23)21-18-10-6-7-16(14-18)11-12-19(22)17-8-4-3-5-9-17/h3-12,14-15H,13H2,1-2H3,(H,21,23)/b12-11-. The number of nitrogens with one attached hydrogen (secondary N) is 1. The van der Waals surface area contributed by atoms with Gasteiger partial charge in [-0.2, -0.15) is 0 Å². The average Bonchev–Trinajstić information content (AvgIpc) is 2.53. The molecule has 0 unspecified atom stereocenters. The molecule has 2 aromatic carbocycles. The van der Waals surface area contributed by atoms with Crippen molar-refractivity contribution < 1.29 is 9.59 Å². The molecule has 0 saturated heterocycles. The van der Waals surface area contributed by atoms with Gasteiger partial charge in [-0.1, -0.05) is 62.4 Å². The third-order valence-corrected chi connectivity index (χ3v) is 3.25. The molecule has 0 fully saturated rings. The van der Waals surface area contributed by atoms with Crippen LogP contribution in [0.25, 0.3) is 6.08 Å². The van der Waals surface area contributed by atoms with E-state index in [9.17, 15) is 9.59 Å². The molecule has 118 valence electrons. The number of carbonyl (C=O) groups is 2. The van der Waals surface area contributed by atoms with Crippen LogP contribution in [0.4, 0.5) is 5.69 Å². The molecule has 0 heterocycles. The maximum absolute atomic E-state index is 12.0. The van der Waals surface area contributed by atoms with Gasteiger partial charge in [0, 0.05) is 17.7 Å². The van der Waals surface area contributed by atoms with E-state index in [1.807, 2.05) is 56.3 Å². The summed E-state index contributed by atoms with van der Waals surface area (Å²) in [5, 5.41) is 2.88. The highest BCUT2D eigenvalue weighted by Gasteiger charge is 2.05. The Morgan fingerprint density at radius 1 is 1.04 bits per heavy atom. The van der Waals surface area contributed by atoms with Gasteiger partial charge in [-0.05, 0) is 29.7 Å². The Kier molecular flexibility index (Phi) is 5.87. The van der Waals surface area contributed by atoms with E-state index in [0.29, 0.717) is 17.9 Å². The molecule has 0 aliphatic carbocycles. The van der Waals surface area contributed by atoms with Gasteiger partial charge < -0.3 is 5.32 Å². The van der Waals surface area contributed by atoms with E-state index in [4.69, 9.17) is 0 Å². The van der Waals surface area contributed by atoms with Gasteiger partial charge in [0.1, 0.15) is 0 Å². The van der Waals surface area contributed by atoms with Crippen LogP contribution in [-0.4, -0.2) is 11.7 Å². The largest absolute Gasteiger partial charge is 0.326 e. The van der Waals surface area contributed by atoms with Crippen molar-refractivity contribution in [3.05, 3.63) is 71.8 Å². The number of hydrogen-bond donors (Lipinski definition) is 1. The lowest BCUT2D eigenvalue weighted by atomic mass is 10.1. The zero-order valence-electron chi connectivity index (χ0n) is 13.5. The molecule has 0 aromatic heterocycles. The summed E-state index contributed by atoms with van der Waals surface area (Å²) in [7, 11) is 0. The van der Waals surface area contributed by atoms with Crippen molar-refractivity contribution in [2.45, 2.75) is 20.3 Å². The van der Waals surface area contributed by atoms with E-state index in [0.717, 1.165) is 11.3 Å². The second-order valence-corrected chi connectivity index (χ2v) is 5.84. The normalized spacial score (nSPS) is 10.9. The monoisotopic (exact) mass is 307 g/mol. The lowest BCUT2D eigenvalue weighted by Gasteiger charge is -2.07. The van der Waals surface area contributed by atoms with Crippen LogP contribution >= 0.6 is 0 Å². The SMILES string of the molecule is CC(C)CC(=O)Nc1cccc(/C=C\C(=O)c2ccccc2)c1. The first kappa shape index (κ1) is 16.7. The third-order valence-electron chi connectivity index (χ3n) is 3.25. The third kappa shape index (κ3) is 5.55. The summed E-state index contributed by atoms with van der Waals surface area (Å²) in [6.45, 7) is 4.02. The lowest BCUT2D eigenvalue weighted by Crippen LogP contribution is -2.13. The fraction of sp³-hybridized carbons (Fsp3) is 0.200. The quantitative estimate of drug-likeness (QED) is 0.628. The van der Waals surface area contributed by atoms with Crippen LogP contribution in [-0.2, 0) is 4.79 Å². The van der Waals surface area contributed by atoms with Crippen molar-refractivity contribution >= 4 is 23.5 Å². The minimum Gasteiger partial charge on any atom is -0.326 e. The summed E-state index contributed by atoms with van der Waals surface area (Å²) in [5.41, 5.74) is 2.27. The number of benzene rings is 2. The van der Waals surface area contributed by atoms with Gasteiger partial charge >= 0.3 is 0 Å². The smallest absolute Gasteiger partial charge is 0.224 e.